The highest BCUT2D eigenvalue weighted by Gasteiger charge is 2.24. The first kappa shape index (κ1) is 10.9. The quantitative estimate of drug-likeness (QED) is 0.427. The van der Waals surface area contributed by atoms with Crippen molar-refractivity contribution in [3.8, 4) is 0 Å². The van der Waals surface area contributed by atoms with Crippen LogP contribution in [0.3, 0.4) is 0 Å². The molecule has 0 bridgehead atoms. The molecule has 0 saturated heterocycles. The van der Waals surface area contributed by atoms with Crippen molar-refractivity contribution in [2.24, 2.45) is 0 Å². The highest BCUT2D eigenvalue weighted by molar-refractivity contribution is 6.90. The summed E-state index contributed by atoms with van der Waals surface area (Å²) in [6, 6.07) is 2.94. The van der Waals surface area contributed by atoms with Crippen LogP contribution < -0.4 is 5.19 Å². The molecule has 0 aliphatic rings. The summed E-state index contributed by atoms with van der Waals surface area (Å²) in [6.07, 6.45) is 6.21. The summed E-state index contributed by atoms with van der Waals surface area (Å²) in [5, 5.41) is 1.17. The molecule has 0 radical (unpaired) electrons. The highest BCUT2D eigenvalue weighted by Crippen LogP contribution is 2.11. The Hall–Kier alpha value is -1.22. The molecule has 1 aromatic rings. The van der Waals surface area contributed by atoms with Crippen LogP contribution in [0.5, 0.6) is 0 Å². The van der Waals surface area contributed by atoms with Crippen LogP contribution in [0.1, 0.15) is 10.4 Å². The first-order valence-electron chi connectivity index (χ1n) is 4.62. The number of rotatable bonds is 4. The van der Waals surface area contributed by atoms with Crippen molar-refractivity contribution in [3.05, 3.63) is 36.7 Å². The van der Waals surface area contributed by atoms with Gasteiger partial charge in [0.15, 0.2) is 6.29 Å². The third kappa shape index (κ3) is 2.17. The van der Waals surface area contributed by atoms with Gasteiger partial charge in [-0.3, -0.25) is 9.78 Å². The minimum atomic E-state index is -1.53. The number of hydrogen-bond acceptors (Lipinski definition) is 2. The average molecular weight is 205 g/mol. The van der Waals surface area contributed by atoms with E-state index in [0.29, 0.717) is 0 Å². The van der Waals surface area contributed by atoms with Crippen molar-refractivity contribution in [2.45, 2.75) is 19.1 Å². The van der Waals surface area contributed by atoms with Crippen molar-refractivity contribution >= 4 is 19.5 Å². The van der Waals surface area contributed by atoms with E-state index in [0.717, 1.165) is 17.9 Å². The molecule has 0 aliphatic carbocycles. The maximum absolute atomic E-state index is 10.8. The Labute approximate surface area is 85.7 Å². The predicted molar refractivity (Wildman–Crippen MR) is 61.7 cm³/mol. The second kappa shape index (κ2) is 4.33. The van der Waals surface area contributed by atoms with Gasteiger partial charge in [-0.05, 0) is 17.3 Å². The number of aldehydes is 1. The molecule has 0 N–H and O–H groups in total. The Bertz CT molecular complexity index is 347. The first-order chi connectivity index (χ1) is 6.61. The SMILES string of the molecule is C=CC[Si](C)(C)c1ccncc1C=O. The summed E-state index contributed by atoms with van der Waals surface area (Å²) < 4.78 is 0. The number of allylic oxidation sites excluding steroid dienone is 1. The van der Waals surface area contributed by atoms with Gasteiger partial charge in [0.05, 0.1) is 8.07 Å². The molecule has 0 aliphatic heterocycles. The van der Waals surface area contributed by atoms with E-state index in [-0.39, 0.29) is 0 Å². The number of nitrogens with zero attached hydrogens (tertiary/aromatic N) is 1. The van der Waals surface area contributed by atoms with Crippen LogP contribution in [0, 0.1) is 0 Å². The Morgan fingerprint density at radius 2 is 2.29 bits per heavy atom. The minimum Gasteiger partial charge on any atom is -0.298 e. The van der Waals surface area contributed by atoms with Gasteiger partial charge in [0, 0.05) is 18.0 Å². The lowest BCUT2D eigenvalue weighted by Gasteiger charge is -2.22. The van der Waals surface area contributed by atoms with Crippen molar-refractivity contribution in [1.29, 1.82) is 0 Å². The van der Waals surface area contributed by atoms with Crippen LogP contribution in [0.15, 0.2) is 31.1 Å². The lowest BCUT2D eigenvalue weighted by Crippen LogP contribution is -2.42. The first-order valence-corrected chi connectivity index (χ1v) is 7.83. The van der Waals surface area contributed by atoms with E-state index < -0.39 is 8.07 Å². The molecule has 0 saturated carbocycles. The maximum Gasteiger partial charge on any atom is 0.151 e. The van der Waals surface area contributed by atoms with Crippen molar-refractivity contribution in [3.63, 3.8) is 0 Å². The van der Waals surface area contributed by atoms with Gasteiger partial charge in [-0.15, -0.1) is 6.58 Å². The molecule has 0 atom stereocenters. The Balaban J connectivity index is 3.16. The summed E-state index contributed by atoms with van der Waals surface area (Å²) in [4.78, 5) is 14.8. The molecule has 0 spiro atoms. The topological polar surface area (TPSA) is 30.0 Å². The van der Waals surface area contributed by atoms with Gasteiger partial charge in [0.1, 0.15) is 0 Å². The normalized spacial score (nSPS) is 11.0. The highest BCUT2D eigenvalue weighted by atomic mass is 28.3. The molecule has 1 rings (SSSR count). The summed E-state index contributed by atoms with van der Waals surface area (Å²) in [5.74, 6) is 0. The Kier molecular flexibility index (Phi) is 3.36. The third-order valence-electron chi connectivity index (χ3n) is 2.36. The fraction of sp³-hybridized carbons (Fsp3) is 0.273. The van der Waals surface area contributed by atoms with E-state index in [2.05, 4.69) is 24.7 Å². The largest absolute Gasteiger partial charge is 0.298 e. The van der Waals surface area contributed by atoms with E-state index in [1.54, 1.807) is 12.4 Å². The predicted octanol–water partition coefficient (Wildman–Crippen LogP) is 2.00. The summed E-state index contributed by atoms with van der Waals surface area (Å²) in [6.45, 7) is 8.22. The Morgan fingerprint density at radius 3 is 2.86 bits per heavy atom. The van der Waals surface area contributed by atoms with E-state index >= 15 is 0 Å². The lowest BCUT2D eigenvalue weighted by atomic mass is 10.3. The minimum absolute atomic E-state index is 0.728. The second-order valence-corrected chi connectivity index (χ2v) is 8.67. The van der Waals surface area contributed by atoms with Crippen molar-refractivity contribution in [2.75, 3.05) is 0 Å². The molecule has 3 heteroatoms. The third-order valence-corrected chi connectivity index (χ3v) is 5.59. The number of hydrogen-bond donors (Lipinski definition) is 0. The van der Waals surface area contributed by atoms with Crippen LogP contribution in [-0.2, 0) is 0 Å². The van der Waals surface area contributed by atoms with Gasteiger partial charge >= 0.3 is 0 Å². The standard InChI is InChI=1S/C11H15NOSi/c1-4-7-14(2,3)11-5-6-12-8-10(11)9-13/h4-6,8-9H,1,7H2,2-3H3. The van der Waals surface area contributed by atoms with E-state index in [1.807, 2.05) is 12.1 Å². The zero-order chi connectivity index (χ0) is 10.6. The van der Waals surface area contributed by atoms with Crippen LogP contribution in [-0.4, -0.2) is 19.3 Å². The zero-order valence-corrected chi connectivity index (χ0v) is 9.66. The van der Waals surface area contributed by atoms with Crippen molar-refractivity contribution in [1.82, 2.24) is 4.98 Å². The fourth-order valence-electron chi connectivity index (χ4n) is 1.59. The van der Waals surface area contributed by atoms with E-state index in [9.17, 15) is 4.79 Å². The number of carbonyl (C=O) groups excluding carboxylic acids is 1. The molecule has 0 aromatic carbocycles. The van der Waals surface area contributed by atoms with Gasteiger partial charge in [0.25, 0.3) is 0 Å². The van der Waals surface area contributed by atoms with Gasteiger partial charge < -0.3 is 0 Å². The molecular weight excluding hydrogens is 190 g/mol. The molecule has 0 fully saturated rings. The smallest absolute Gasteiger partial charge is 0.151 e. The van der Waals surface area contributed by atoms with E-state index in [1.165, 1.54) is 5.19 Å². The maximum atomic E-state index is 10.8. The molecule has 0 unspecified atom stereocenters. The molecule has 74 valence electrons. The molecule has 1 aromatic heterocycles. The van der Waals surface area contributed by atoms with E-state index in [4.69, 9.17) is 0 Å². The molecular formula is C11H15NOSi. The molecule has 0 amide bonds. The van der Waals surface area contributed by atoms with Gasteiger partial charge in [-0.2, -0.15) is 0 Å². The molecule has 1 heterocycles. The summed E-state index contributed by atoms with van der Waals surface area (Å²) in [5.41, 5.74) is 0.728. The Morgan fingerprint density at radius 1 is 1.57 bits per heavy atom. The summed E-state index contributed by atoms with van der Waals surface area (Å²) >= 11 is 0. The monoisotopic (exact) mass is 205 g/mol. The van der Waals surface area contributed by atoms with Crippen LogP contribution in [0.25, 0.3) is 0 Å². The number of aromatic nitrogens is 1. The van der Waals surface area contributed by atoms with Crippen molar-refractivity contribution < 1.29 is 4.79 Å². The lowest BCUT2D eigenvalue weighted by molar-refractivity contribution is 0.112. The van der Waals surface area contributed by atoms with Crippen LogP contribution in [0.2, 0.25) is 19.1 Å². The summed E-state index contributed by atoms with van der Waals surface area (Å²) in [7, 11) is -1.53. The van der Waals surface area contributed by atoms with Gasteiger partial charge in [-0.1, -0.05) is 19.2 Å². The van der Waals surface area contributed by atoms with Gasteiger partial charge in [-0.25, -0.2) is 0 Å². The zero-order valence-electron chi connectivity index (χ0n) is 8.66. The average Bonchev–Trinajstić information content (AvgIpc) is 2.18. The van der Waals surface area contributed by atoms with Gasteiger partial charge in [0.2, 0.25) is 0 Å². The van der Waals surface area contributed by atoms with Crippen LogP contribution >= 0.6 is 0 Å². The molecule has 14 heavy (non-hydrogen) atoms. The number of carbonyl (C=O) groups is 1. The fourth-order valence-corrected chi connectivity index (χ4v) is 3.96. The van der Waals surface area contributed by atoms with Crippen LogP contribution in [0.4, 0.5) is 0 Å². The second-order valence-electron chi connectivity index (χ2n) is 3.96. The molecule has 2 nitrogen and oxygen atoms in total. The number of pyridine rings is 1.